The van der Waals surface area contributed by atoms with E-state index >= 15 is 0 Å². The number of para-hydroxylation sites is 1. The summed E-state index contributed by atoms with van der Waals surface area (Å²) in [5.41, 5.74) is 1.70. The second-order valence-corrected chi connectivity index (χ2v) is 4.39. The summed E-state index contributed by atoms with van der Waals surface area (Å²) in [7, 11) is 1.58. The van der Waals surface area contributed by atoms with E-state index in [0.29, 0.717) is 12.3 Å². The van der Waals surface area contributed by atoms with Gasteiger partial charge in [-0.15, -0.1) is 0 Å². The van der Waals surface area contributed by atoms with Crippen LogP contribution in [0.3, 0.4) is 0 Å². The van der Waals surface area contributed by atoms with Crippen LogP contribution in [-0.4, -0.2) is 13.0 Å². The molecule has 0 unspecified atom stereocenters. The van der Waals surface area contributed by atoms with Crippen LogP contribution in [0.2, 0.25) is 0 Å². The van der Waals surface area contributed by atoms with E-state index in [-0.39, 0.29) is 18.1 Å². The predicted octanol–water partition coefficient (Wildman–Crippen LogP) is 2.69. The number of benzene rings is 2. The molecule has 1 amide bonds. The van der Waals surface area contributed by atoms with Crippen molar-refractivity contribution in [1.29, 1.82) is 0 Å². The molecule has 0 saturated heterocycles. The van der Waals surface area contributed by atoms with Crippen LogP contribution >= 0.6 is 0 Å². The molecule has 0 saturated carbocycles. The quantitative estimate of drug-likeness (QED) is 0.909. The minimum Gasteiger partial charge on any atom is -0.496 e. The zero-order valence-corrected chi connectivity index (χ0v) is 11.2. The third-order valence-electron chi connectivity index (χ3n) is 2.95. The van der Waals surface area contributed by atoms with Crippen molar-refractivity contribution < 1.29 is 13.9 Å². The van der Waals surface area contributed by atoms with Crippen LogP contribution in [0.1, 0.15) is 11.1 Å². The average molecular weight is 273 g/mol. The van der Waals surface area contributed by atoms with Gasteiger partial charge in [-0.2, -0.15) is 0 Å². The normalized spacial score (nSPS) is 10.1. The molecule has 0 spiro atoms. The Morgan fingerprint density at radius 2 is 1.85 bits per heavy atom. The molecule has 0 heterocycles. The van der Waals surface area contributed by atoms with Crippen molar-refractivity contribution in [3.8, 4) is 5.75 Å². The first-order valence-electron chi connectivity index (χ1n) is 6.32. The zero-order chi connectivity index (χ0) is 14.4. The number of ether oxygens (including phenoxy) is 1. The molecule has 1 N–H and O–H groups in total. The van der Waals surface area contributed by atoms with Gasteiger partial charge in [-0.25, -0.2) is 4.39 Å². The summed E-state index contributed by atoms with van der Waals surface area (Å²) in [6.45, 7) is 0.383. The molecule has 4 heteroatoms. The SMILES string of the molecule is COc1ccccc1CC(=O)NCc1ccc(F)cc1. The summed E-state index contributed by atoms with van der Waals surface area (Å²) in [4.78, 5) is 11.9. The van der Waals surface area contributed by atoms with Crippen LogP contribution in [0, 0.1) is 5.82 Å². The number of hydrogen-bond donors (Lipinski definition) is 1. The number of carbonyl (C=O) groups excluding carboxylic acids is 1. The van der Waals surface area contributed by atoms with Crippen LogP contribution < -0.4 is 10.1 Å². The van der Waals surface area contributed by atoms with Gasteiger partial charge in [0.15, 0.2) is 0 Å². The molecule has 3 nitrogen and oxygen atoms in total. The fourth-order valence-electron chi connectivity index (χ4n) is 1.89. The summed E-state index contributed by atoms with van der Waals surface area (Å²) < 4.78 is 18.0. The van der Waals surface area contributed by atoms with Crippen LogP contribution in [0.25, 0.3) is 0 Å². The van der Waals surface area contributed by atoms with Gasteiger partial charge in [0.1, 0.15) is 11.6 Å². The van der Waals surface area contributed by atoms with E-state index in [2.05, 4.69) is 5.32 Å². The highest BCUT2D eigenvalue weighted by molar-refractivity contribution is 5.79. The van der Waals surface area contributed by atoms with Gasteiger partial charge in [0.05, 0.1) is 13.5 Å². The number of nitrogens with one attached hydrogen (secondary N) is 1. The Morgan fingerprint density at radius 1 is 1.15 bits per heavy atom. The maximum atomic E-state index is 12.8. The van der Waals surface area contributed by atoms with Gasteiger partial charge in [-0.3, -0.25) is 4.79 Å². The third-order valence-corrected chi connectivity index (χ3v) is 2.95. The fourth-order valence-corrected chi connectivity index (χ4v) is 1.89. The minimum atomic E-state index is -0.283. The molecule has 2 rings (SSSR count). The molecule has 0 aromatic heterocycles. The van der Waals surface area contributed by atoms with E-state index in [1.165, 1.54) is 12.1 Å². The summed E-state index contributed by atoms with van der Waals surface area (Å²) in [6, 6.07) is 13.5. The molecular weight excluding hydrogens is 257 g/mol. The van der Waals surface area contributed by atoms with Crippen LogP contribution in [0.5, 0.6) is 5.75 Å². The number of halogens is 1. The number of rotatable bonds is 5. The Morgan fingerprint density at radius 3 is 2.55 bits per heavy atom. The van der Waals surface area contributed by atoms with E-state index < -0.39 is 0 Å². The van der Waals surface area contributed by atoms with E-state index in [0.717, 1.165) is 11.1 Å². The maximum absolute atomic E-state index is 12.8. The number of amides is 1. The van der Waals surface area contributed by atoms with Gasteiger partial charge >= 0.3 is 0 Å². The van der Waals surface area contributed by atoms with Crippen molar-refractivity contribution in [2.24, 2.45) is 0 Å². The van der Waals surface area contributed by atoms with E-state index in [1.54, 1.807) is 19.2 Å². The Balaban J connectivity index is 1.91. The number of methoxy groups -OCH3 is 1. The highest BCUT2D eigenvalue weighted by Crippen LogP contribution is 2.17. The maximum Gasteiger partial charge on any atom is 0.224 e. The molecule has 0 aliphatic rings. The minimum absolute atomic E-state index is 0.0983. The molecular formula is C16H16FNO2. The van der Waals surface area contributed by atoms with Crippen LogP contribution in [-0.2, 0) is 17.8 Å². The second-order valence-electron chi connectivity index (χ2n) is 4.39. The van der Waals surface area contributed by atoms with Crippen molar-refractivity contribution in [3.05, 3.63) is 65.5 Å². The lowest BCUT2D eigenvalue weighted by Gasteiger charge is -2.09. The van der Waals surface area contributed by atoms with Gasteiger partial charge in [0.2, 0.25) is 5.91 Å². The number of hydrogen-bond acceptors (Lipinski definition) is 2. The van der Waals surface area contributed by atoms with Crippen molar-refractivity contribution in [3.63, 3.8) is 0 Å². The molecule has 0 bridgehead atoms. The van der Waals surface area contributed by atoms with Crippen molar-refractivity contribution in [2.75, 3.05) is 7.11 Å². The lowest BCUT2D eigenvalue weighted by Crippen LogP contribution is -2.24. The lowest BCUT2D eigenvalue weighted by atomic mass is 10.1. The summed E-state index contributed by atoms with van der Waals surface area (Å²) in [5, 5.41) is 2.80. The molecule has 2 aromatic rings. The van der Waals surface area contributed by atoms with Crippen molar-refractivity contribution in [1.82, 2.24) is 5.32 Å². The molecule has 0 radical (unpaired) electrons. The Bertz CT molecular complexity index is 581. The van der Waals surface area contributed by atoms with Gasteiger partial charge in [-0.1, -0.05) is 30.3 Å². The largest absolute Gasteiger partial charge is 0.496 e. The van der Waals surface area contributed by atoms with Gasteiger partial charge in [0, 0.05) is 12.1 Å². The first-order valence-corrected chi connectivity index (χ1v) is 6.32. The van der Waals surface area contributed by atoms with Crippen molar-refractivity contribution in [2.45, 2.75) is 13.0 Å². The highest BCUT2D eigenvalue weighted by Gasteiger charge is 2.07. The Kier molecular flexibility index (Phi) is 4.71. The summed E-state index contributed by atoms with van der Waals surface area (Å²) in [6.07, 6.45) is 0.255. The number of carbonyl (C=O) groups is 1. The zero-order valence-electron chi connectivity index (χ0n) is 11.2. The summed E-state index contributed by atoms with van der Waals surface area (Å²) >= 11 is 0. The van der Waals surface area contributed by atoms with Crippen molar-refractivity contribution >= 4 is 5.91 Å². The standard InChI is InChI=1S/C16H16FNO2/c1-20-15-5-3-2-4-13(15)10-16(19)18-11-12-6-8-14(17)9-7-12/h2-9H,10-11H2,1H3,(H,18,19). The van der Waals surface area contributed by atoms with Gasteiger partial charge in [-0.05, 0) is 23.8 Å². The Labute approximate surface area is 117 Å². The third kappa shape index (κ3) is 3.82. The van der Waals surface area contributed by atoms with Gasteiger partial charge in [0.25, 0.3) is 0 Å². The molecule has 2 aromatic carbocycles. The fraction of sp³-hybridized carbons (Fsp3) is 0.188. The van der Waals surface area contributed by atoms with E-state index in [9.17, 15) is 9.18 Å². The Hall–Kier alpha value is -2.36. The molecule has 0 fully saturated rings. The van der Waals surface area contributed by atoms with Crippen LogP contribution in [0.15, 0.2) is 48.5 Å². The van der Waals surface area contributed by atoms with E-state index in [4.69, 9.17) is 4.74 Å². The second kappa shape index (κ2) is 6.70. The van der Waals surface area contributed by atoms with E-state index in [1.807, 2.05) is 24.3 Å². The molecule has 20 heavy (non-hydrogen) atoms. The molecule has 0 aliphatic heterocycles. The lowest BCUT2D eigenvalue weighted by molar-refractivity contribution is -0.120. The predicted molar refractivity (Wildman–Crippen MR) is 74.9 cm³/mol. The summed E-state index contributed by atoms with van der Waals surface area (Å²) in [5.74, 6) is 0.317. The molecule has 0 atom stereocenters. The molecule has 0 aliphatic carbocycles. The highest BCUT2D eigenvalue weighted by atomic mass is 19.1. The van der Waals surface area contributed by atoms with Gasteiger partial charge < -0.3 is 10.1 Å². The topological polar surface area (TPSA) is 38.3 Å². The smallest absolute Gasteiger partial charge is 0.224 e. The first-order chi connectivity index (χ1) is 9.69. The van der Waals surface area contributed by atoms with Crippen LogP contribution in [0.4, 0.5) is 4.39 Å². The monoisotopic (exact) mass is 273 g/mol. The average Bonchev–Trinajstić information content (AvgIpc) is 2.47. The molecule has 104 valence electrons. The first kappa shape index (κ1) is 14.1.